The zero-order chi connectivity index (χ0) is 17.2. The Morgan fingerprint density at radius 1 is 1.40 bits per heavy atom. The van der Waals surface area contributed by atoms with Crippen molar-refractivity contribution in [3.63, 3.8) is 0 Å². The number of carbonyl (C=O) groups excluding carboxylic acids is 1. The maximum absolute atomic E-state index is 12.6. The van der Waals surface area contributed by atoms with E-state index in [9.17, 15) is 4.79 Å². The number of nitrogens with one attached hydrogen (secondary N) is 1. The number of piperidine rings is 1. The smallest absolute Gasteiger partial charge is 0.275 e. The van der Waals surface area contributed by atoms with Crippen molar-refractivity contribution in [2.75, 3.05) is 26.7 Å². The molecule has 0 aromatic carbocycles. The average molecular weight is 343 g/mol. The van der Waals surface area contributed by atoms with Gasteiger partial charge in [0.25, 0.3) is 5.91 Å². The van der Waals surface area contributed by atoms with E-state index in [0.717, 1.165) is 44.6 Å². The van der Waals surface area contributed by atoms with E-state index in [0.29, 0.717) is 18.2 Å². The van der Waals surface area contributed by atoms with Crippen molar-refractivity contribution < 1.29 is 4.79 Å². The van der Waals surface area contributed by atoms with Gasteiger partial charge in [0.2, 0.25) is 0 Å². The molecule has 8 heteroatoms. The highest BCUT2D eigenvalue weighted by molar-refractivity contribution is 5.91. The highest BCUT2D eigenvalue weighted by atomic mass is 16.2. The molecule has 1 amide bonds. The number of hydrogen-bond acceptors (Lipinski definition) is 6. The van der Waals surface area contributed by atoms with Crippen LogP contribution in [0.1, 0.15) is 42.6 Å². The Bertz CT molecular complexity index is 702. The predicted octanol–water partition coefficient (Wildman–Crippen LogP) is 1.62. The monoisotopic (exact) mass is 343 g/mol. The first-order valence-corrected chi connectivity index (χ1v) is 9.20. The minimum Gasteiger partial charge on any atom is -0.338 e. The molecule has 1 aromatic heterocycles. The fourth-order valence-corrected chi connectivity index (χ4v) is 3.95. The molecule has 0 radical (unpaired) electrons. The molecule has 2 aliphatic heterocycles. The second-order valence-electron chi connectivity index (χ2n) is 7.28. The first-order chi connectivity index (χ1) is 12.2. The van der Waals surface area contributed by atoms with E-state index in [1.54, 1.807) is 22.8 Å². The van der Waals surface area contributed by atoms with Crippen molar-refractivity contribution in [3.05, 3.63) is 23.2 Å². The van der Waals surface area contributed by atoms with Crippen LogP contribution >= 0.6 is 0 Å². The Morgan fingerprint density at radius 3 is 3.16 bits per heavy atom. The topological polar surface area (TPSA) is 87.8 Å². The van der Waals surface area contributed by atoms with Crippen LogP contribution in [-0.4, -0.2) is 58.5 Å². The van der Waals surface area contributed by atoms with Gasteiger partial charge in [0.15, 0.2) is 5.69 Å². The van der Waals surface area contributed by atoms with Crippen LogP contribution in [0, 0.1) is 5.92 Å². The largest absolute Gasteiger partial charge is 0.338 e. The van der Waals surface area contributed by atoms with Gasteiger partial charge in [-0.3, -0.25) is 9.48 Å². The van der Waals surface area contributed by atoms with Crippen LogP contribution < -0.4 is 5.32 Å². The number of azo groups is 1. The SMILES string of the molecule is CN(CC1N=NC2=C1CCC2)C(=O)c1cn(CC2CCCNC2)nn1. The third-order valence-corrected chi connectivity index (χ3v) is 5.35. The van der Waals surface area contributed by atoms with Crippen molar-refractivity contribution >= 4 is 5.91 Å². The molecule has 1 aliphatic carbocycles. The van der Waals surface area contributed by atoms with Crippen LogP contribution in [0.4, 0.5) is 0 Å². The Labute approximate surface area is 147 Å². The molecule has 134 valence electrons. The molecule has 2 unspecified atom stereocenters. The normalized spacial score (nSPS) is 25.5. The van der Waals surface area contributed by atoms with Gasteiger partial charge >= 0.3 is 0 Å². The number of hydrogen-bond donors (Lipinski definition) is 1. The Morgan fingerprint density at radius 2 is 2.32 bits per heavy atom. The first-order valence-electron chi connectivity index (χ1n) is 9.20. The summed E-state index contributed by atoms with van der Waals surface area (Å²) in [5, 5.41) is 20.2. The Hall–Kier alpha value is -2.09. The van der Waals surface area contributed by atoms with Crippen molar-refractivity contribution in [2.45, 2.75) is 44.7 Å². The average Bonchev–Trinajstić information content (AvgIpc) is 3.34. The number of rotatable bonds is 5. The standard InChI is InChI=1S/C17H25N7O/c1-23(10-15-13-5-2-6-14(13)19-20-15)17(25)16-11-24(22-21-16)9-12-4-3-7-18-8-12/h11-12,15,18H,2-10H2,1H3. The highest BCUT2D eigenvalue weighted by Crippen LogP contribution is 2.35. The molecule has 0 saturated carbocycles. The summed E-state index contributed by atoms with van der Waals surface area (Å²) in [6, 6.07) is 0.0230. The summed E-state index contributed by atoms with van der Waals surface area (Å²) in [6.07, 6.45) is 7.39. The lowest BCUT2D eigenvalue weighted by molar-refractivity contribution is 0.0785. The van der Waals surface area contributed by atoms with Crippen molar-refractivity contribution in [1.82, 2.24) is 25.2 Å². The molecule has 1 N–H and O–H groups in total. The number of likely N-dealkylation sites (N-methyl/N-ethyl adjacent to an activating group) is 1. The molecule has 0 spiro atoms. The molecule has 2 atom stereocenters. The Kier molecular flexibility index (Phi) is 4.61. The van der Waals surface area contributed by atoms with Gasteiger partial charge in [-0.25, -0.2) is 0 Å². The molecule has 1 fully saturated rings. The molecular formula is C17H25N7O. The number of allylic oxidation sites excluding steroid dienone is 1. The van der Waals surface area contributed by atoms with Gasteiger partial charge < -0.3 is 10.2 Å². The lowest BCUT2D eigenvalue weighted by Crippen LogP contribution is -2.34. The number of nitrogens with zero attached hydrogens (tertiary/aromatic N) is 6. The first kappa shape index (κ1) is 16.4. The van der Waals surface area contributed by atoms with Crippen LogP contribution in [0.5, 0.6) is 0 Å². The summed E-state index contributed by atoms with van der Waals surface area (Å²) in [7, 11) is 1.80. The number of amides is 1. The second-order valence-corrected chi connectivity index (χ2v) is 7.28. The minimum absolute atomic E-state index is 0.0230. The second kappa shape index (κ2) is 7.03. The highest BCUT2D eigenvalue weighted by Gasteiger charge is 2.30. The molecule has 1 saturated heterocycles. The van der Waals surface area contributed by atoms with Crippen LogP contribution in [0.2, 0.25) is 0 Å². The molecule has 3 heterocycles. The van der Waals surface area contributed by atoms with E-state index in [-0.39, 0.29) is 11.9 Å². The molecular weight excluding hydrogens is 318 g/mol. The molecule has 25 heavy (non-hydrogen) atoms. The van der Waals surface area contributed by atoms with Crippen LogP contribution in [0.15, 0.2) is 27.7 Å². The summed E-state index contributed by atoms with van der Waals surface area (Å²) < 4.78 is 1.80. The number of aromatic nitrogens is 3. The van der Waals surface area contributed by atoms with Crippen molar-refractivity contribution in [1.29, 1.82) is 0 Å². The van der Waals surface area contributed by atoms with E-state index in [4.69, 9.17) is 0 Å². The van der Waals surface area contributed by atoms with E-state index >= 15 is 0 Å². The van der Waals surface area contributed by atoms with Gasteiger partial charge in [-0.15, -0.1) is 5.10 Å². The van der Waals surface area contributed by atoms with Crippen LogP contribution in [-0.2, 0) is 6.54 Å². The zero-order valence-electron chi connectivity index (χ0n) is 14.7. The summed E-state index contributed by atoms with van der Waals surface area (Å²) >= 11 is 0. The zero-order valence-corrected chi connectivity index (χ0v) is 14.7. The lowest BCUT2D eigenvalue weighted by Gasteiger charge is -2.22. The maximum Gasteiger partial charge on any atom is 0.275 e. The lowest BCUT2D eigenvalue weighted by atomic mass is 10.00. The fraction of sp³-hybridized carbons (Fsp3) is 0.706. The van der Waals surface area contributed by atoms with E-state index in [1.807, 2.05) is 0 Å². The molecule has 3 aliphatic rings. The van der Waals surface area contributed by atoms with Gasteiger partial charge in [-0.2, -0.15) is 10.2 Å². The third-order valence-electron chi connectivity index (χ3n) is 5.35. The Balaban J connectivity index is 1.35. The summed E-state index contributed by atoms with van der Waals surface area (Å²) in [6.45, 7) is 3.47. The molecule has 1 aromatic rings. The number of carbonyl (C=O) groups is 1. The molecule has 8 nitrogen and oxygen atoms in total. The van der Waals surface area contributed by atoms with Crippen molar-refractivity contribution in [3.8, 4) is 0 Å². The summed E-state index contributed by atoms with van der Waals surface area (Å²) in [4.78, 5) is 14.3. The van der Waals surface area contributed by atoms with E-state index in [2.05, 4.69) is 25.9 Å². The van der Waals surface area contributed by atoms with Gasteiger partial charge in [0.05, 0.1) is 11.9 Å². The van der Waals surface area contributed by atoms with Gasteiger partial charge in [0.1, 0.15) is 6.04 Å². The van der Waals surface area contributed by atoms with Crippen LogP contribution in [0.3, 0.4) is 0 Å². The van der Waals surface area contributed by atoms with Gasteiger partial charge in [-0.1, -0.05) is 5.21 Å². The van der Waals surface area contributed by atoms with Crippen LogP contribution in [0.25, 0.3) is 0 Å². The predicted molar refractivity (Wildman–Crippen MR) is 92.1 cm³/mol. The molecule has 0 bridgehead atoms. The van der Waals surface area contributed by atoms with E-state index in [1.165, 1.54) is 18.4 Å². The fourth-order valence-electron chi connectivity index (χ4n) is 3.95. The summed E-state index contributed by atoms with van der Waals surface area (Å²) in [5.41, 5.74) is 2.85. The van der Waals surface area contributed by atoms with Gasteiger partial charge in [0, 0.05) is 20.1 Å². The summed E-state index contributed by atoms with van der Waals surface area (Å²) in [5.74, 6) is 0.457. The van der Waals surface area contributed by atoms with Gasteiger partial charge in [-0.05, 0) is 56.7 Å². The quantitative estimate of drug-likeness (QED) is 0.880. The molecule has 4 rings (SSSR count). The van der Waals surface area contributed by atoms with E-state index < -0.39 is 0 Å². The third kappa shape index (κ3) is 3.49. The maximum atomic E-state index is 12.6. The minimum atomic E-state index is -0.102. The van der Waals surface area contributed by atoms with Crippen molar-refractivity contribution in [2.24, 2.45) is 16.1 Å².